The summed E-state index contributed by atoms with van der Waals surface area (Å²) in [6.45, 7) is 4.73. The predicted octanol–water partition coefficient (Wildman–Crippen LogP) is 3.36. The molecule has 1 aromatic heterocycles. The molecule has 0 atom stereocenters. The molecule has 1 heterocycles. The van der Waals surface area contributed by atoms with Crippen molar-refractivity contribution in [3.8, 4) is 0 Å². The lowest BCUT2D eigenvalue weighted by atomic mass is 10.2. The number of rotatable bonds is 7. The fourth-order valence-corrected chi connectivity index (χ4v) is 2.09. The number of benzene rings is 1. The molecular formula is C17H22FN3. The zero-order valence-electron chi connectivity index (χ0n) is 12.6. The van der Waals surface area contributed by atoms with E-state index >= 15 is 0 Å². The van der Waals surface area contributed by atoms with Gasteiger partial charge in [0.25, 0.3) is 0 Å². The van der Waals surface area contributed by atoms with Crippen LogP contribution in [0.3, 0.4) is 0 Å². The maximum atomic E-state index is 12.9. The van der Waals surface area contributed by atoms with E-state index in [-0.39, 0.29) is 5.82 Å². The number of hydrogen-bond donors (Lipinski definition) is 1. The van der Waals surface area contributed by atoms with E-state index in [1.807, 2.05) is 19.3 Å². The predicted molar refractivity (Wildman–Crippen MR) is 84.7 cm³/mol. The second-order valence-corrected chi connectivity index (χ2v) is 5.17. The largest absolute Gasteiger partial charge is 0.369 e. The molecule has 0 aliphatic rings. The Hall–Kier alpha value is -1.94. The Balaban J connectivity index is 1.91. The molecule has 0 bridgehead atoms. The molecule has 1 aromatic carbocycles. The SMILES string of the molecule is CCCNCc1ccc(CN(C)c2ccc(F)cc2)nc1. The van der Waals surface area contributed by atoms with Gasteiger partial charge in [-0.05, 0) is 48.9 Å². The molecule has 0 radical (unpaired) electrons. The summed E-state index contributed by atoms with van der Waals surface area (Å²) in [6.07, 6.45) is 3.05. The summed E-state index contributed by atoms with van der Waals surface area (Å²) in [5.41, 5.74) is 3.17. The molecule has 0 saturated carbocycles. The number of halogens is 1. The van der Waals surface area contributed by atoms with Gasteiger partial charge in [-0.2, -0.15) is 0 Å². The zero-order chi connectivity index (χ0) is 15.1. The van der Waals surface area contributed by atoms with Gasteiger partial charge in [0.05, 0.1) is 12.2 Å². The normalized spacial score (nSPS) is 10.6. The third-order valence-electron chi connectivity index (χ3n) is 3.31. The Labute approximate surface area is 125 Å². The highest BCUT2D eigenvalue weighted by Crippen LogP contribution is 2.15. The van der Waals surface area contributed by atoms with Crippen LogP contribution in [0.2, 0.25) is 0 Å². The minimum Gasteiger partial charge on any atom is -0.369 e. The van der Waals surface area contributed by atoms with Crippen LogP contribution < -0.4 is 10.2 Å². The van der Waals surface area contributed by atoms with Crippen molar-refractivity contribution in [2.24, 2.45) is 0 Å². The van der Waals surface area contributed by atoms with E-state index in [1.54, 1.807) is 12.1 Å². The van der Waals surface area contributed by atoms with E-state index in [0.29, 0.717) is 6.54 Å². The van der Waals surface area contributed by atoms with Crippen LogP contribution in [0.4, 0.5) is 10.1 Å². The summed E-state index contributed by atoms with van der Waals surface area (Å²) in [5.74, 6) is -0.214. The van der Waals surface area contributed by atoms with Gasteiger partial charge in [0.15, 0.2) is 0 Å². The Kier molecular flexibility index (Phi) is 5.69. The van der Waals surface area contributed by atoms with Gasteiger partial charge in [0, 0.05) is 25.5 Å². The molecule has 2 rings (SSSR count). The molecule has 4 heteroatoms. The molecule has 0 spiro atoms. The summed E-state index contributed by atoms with van der Waals surface area (Å²) < 4.78 is 12.9. The van der Waals surface area contributed by atoms with Crippen molar-refractivity contribution in [1.82, 2.24) is 10.3 Å². The number of hydrogen-bond acceptors (Lipinski definition) is 3. The van der Waals surface area contributed by atoms with Crippen LogP contribution in [0, 0.1) is 5.82 Å². The molecule has 21 heavy (non-hydrogen) atoms. The van der Waals surface area contributed by atoms with Crippen molar-refractivity contribution in [1.29, 1.82) is 0 Å². The van der Waals surface area contributed by atoms with Crippen LogP contribution in [-0.4, -0.2) is 18.6 Å². The minimum absolute atomic E-state index is 0.214. The van der Waals surface area contributed by atoms with E-state index in [4.69, 9.17) is 0 Å². The van der Waals surface area contributed by atoms with Gasteiger partial charge in [-0.1, -0.05) is 13.0 Å². The van der Waals surface area contributed by atoms with Crippen molar-refractivity contribution in [2.75, 3.05) is 18.5 Å². The molecule has 112 valence electrons. The van der Waals surface area contributed by atoms with Crippen molar-refractivity contribution < 1.29 is 4.39 Å². The van der Waals surface area contributed by atoms with Crippen LogP contribution in [0.5, 0.6) is 0 Å². The average molecular weight is 287 g/mol. The Bertz CT molecular complexity index is 537. The van der Waals surface area contributed by atoms with Gasteiger partial charge in [0.1, 0.15) is 5.82 Å². The molecule has 0 aliphatic heterocycles. The van der Waals surface area contributed by atoms with Crippen LogP contribution in [0.1, 0.15) is 24.6 Å². The van der Waals surface area contributed by atoms with Crippen LogP contribution in [-0.2, 0) is 13.1 Å². The Morgan fingerprint density at radius 2 is 1.90 bits per heavy atom. The molecule has 0 amide bonds. The van der Waals surface area contributed by atoms with Crippen molar-refractivity contribution in [2.45, 2.75) is 26.4 Å². The first kappa shape index (κ1) is 15.4. The number of anilines is 1. The third kappa shape index (κ3) is 4.83. The lowest BCUT2D eigenvalue weighted by molar-refractivity contribution is 0.627. The van der Waals surface area contributed by atoms with E-state index in [9.17, 15) is 4.39 Å². The molecule has 0 saturated heterocycles. The van der Waals surface area contributed by atoms with Crippen LogP contribution in [0.15, 0.2) is 42.6 Å². The first-order valence-electron chi connectivity index (χ1n) is 7.30. The highest BCUT2D eigenvalue weighted by atomic mass is 19.1. The highest BCUT2D eigenvalue weighted by Gasteiger charge is 2.03. The molecule has 1 N–H and O–H groups in total. The van der Waals surface area contributed by atoms with E-state index in [1.165, 1.54) is 17.7 Å². The van der Waals surface area contributed by atoms with Crippen LogP contribution in [0.25, 0.3) is 0 Å². The standard InChI is InChI=1S/C17H22FN3/c1-3-10-19-11-14-4-7-16(20-12-14)13-21(2)17-8-5-15(18)6-9-17/h4-9,12,19H,3,10-11,13H2,1-2H3. The third-order valence-corrected chi connectivity index (χ3v) is 3.31. The zero-order valence-corrected chi connectivity index (χ0v) is 12.6. The van der Waals surface area contributed by atoms with Crippen LogP contribution >= 0.6 is 0 Å². The van der Waals surface area contributed by atoms with Gasteiger partial charge < -0.3 is 10.2 Å². The molecule has 2 aromatic rings. The Morgan fingerprint density at radius 1 is 1.14 bits per heavy atom. The fourth-order valence-electron chi connectivity index (χ4n) is 2.09. The summed E-state index contributed by atoms with van der Waals surface area (Å²) in [7, 11) is 1.98. The second-order valence-electron chi connectivity index (χ2n) is 5.17. The summed E-state index contributed by atoms with van der Waals surface area (Å²) >= 11 is 0. The average Bonchev–Trinajstić information content (AvgIpc) is 2.50. The Morgan fingerprint density at radius 3 is 2.52 bits per heavy atom. The van der Waals surface area contributed by atoms with E-state index < -0.39 is 0 Å². The molecule has 0 unspecified atom stereocenters. The fraction of sp³-hybridized carbons (Fsp3) is 0.353. The first-order chi connectivity index (χ1) is 10.2. The summed E-state index contributed by atoms with van der Waals surface area (Å²) in [6, 6.07) is 10.6. The monoisotopic (exact) mass is 287 g/mol. The summed E-state index contributed by atoms with van der Waals surface area (Å²) in [5, 5.41) is 3.36. The first-order valence-corrected chi connectivity index (χ1v) is 7.30. The smallest absolute Gasteiger partial charge is 0.123 e. The van der Waals surface area contributed by atoms with Crippen molar-refractivity contribution >= 4 is 5.69 Å². The number of pyridine rings is 1. The lowest BCUT2D eigenvalue weighted by Crippen LogP contribution is -2.17. The number of aromatic nitrogens is 1. The minimum atomic E-state index is -0.214. The van der Waals surface area contributed by atoms with Gasteiger partial charge in [-0.3, -0.25) is 4.98 Å². The van der Waals surface area contributed by atoms with Gasteiger partial charge >= 0.3 is 0 Å². The van der Waals surface area contributed by atoms with Gasteiger partial charge in [-0.25, -0.2) is 4.39 Å². The van der Waals surface area contributed by atoms with Crippen molar-refractivity contribution in [3.63, 3.8) is 0 Å². The van der Waals surface area contributed by atoms with E-state index in [2.05, 4.69) is 28.2 Å². The van der Waals surface area contributed by atoms with E-state index in [0.717, 1.165) is 30.9 Å². The van der Waals surface area contributed by atoms with Crippen molar-refractivity contribution in [3.05, 3.63) is 59.7 Å². The van der Waals surface area contributed by atoms with Gasteiger partial charge in [0.2, 0.25) is 0 Å². The molecular weight excluding hydrogens is 265 g/mol. The maximum absolute atomic E-state index is 12.9. The summed E-state index contributed by atoms with van der Waals surface area (Å²) in [4.78, 5) is 6.54. The topological polar surface area (TPSA) is 28.2 Å². The molecule has 3 nitrogen and oxygen atoms in total. The second kappa shape index (κ2) is 7.74. The quantitative estimate of drug-likeness (QED) is 0.792. The maximum Gasteiger partial charge on any atom is 0.123 e. The lowest BCUT2D eigenvalue weighted by Gasteiger charge is -2.18. The number of nitrogens with one attached hydrogen (secondary N) is 1. The molecule has 0 fully saturated rings. The molecule has 0 aliphatic carbocycles. The highest BCUT2D eigenvalue weighted by molar-refractivity contribution is 5.45. The number of nitrogens with zero attached hydrogens (tertiary/aromatic N) is 2. The van der Waals surface area contributed by atoms with Gasteiger partial charge in [-0.15, -0.1) is 0 Å².